The van der Waals surface area contributed by atoms with E-state index >= 15 is 0 Å². The highest BCUT2D eigenvalue weighted by atomic mass is 16.6. The highest BCUT2D eigenvalue weighted by Gasteiger charge is 2.67. The highest BCUT2D eigenvalue weighted by molar-refractivity contribution is 5.94. The first-order valence-electron chi connectivity index (χ1n) is 8.21. The number of carboxylic acids is 4. The predicted molar refractivity (Wildman–Crippen MR) is 83.1 cm³/mol. The summed E-state index contributed by atoms with van der Waals surface area (Å²) in [5, 5.41) is 37.7. The van der Waals surface area contributed by atoms with Crippen LogP contribution in [0.1, 0.15) is 46.0 Å². The van der Waals surface area contributed by atoms with E-state index in [1.54, 1.807) is 0 Å². The van der Waals surface area contributed by atoms with Crippen LogP contribution in [-0.4, -0.2) is 56.0 Å². The number of hydrogen-bond donors (Lipinski definition) is 4. The molecule has 1 saturated heterocycles. The van der Waals surface area contributed by atoms with E-state index in [0.717, 1.165) is 12.8 Å². The van der Waals surface area contributed by atoms with E-state index in [1.807, 2.05) is 13.8 Å². The third kappa shape index (κ3) is 4.09. The fraction of sp³-hybridized carbons (Fsp3) is 0.750. The van der Waals surface area contributed by atoms with Gasteiger partial charge < -0.3 is 25.2 Å². The zero-order chi connectivity index (χ0) is 19.4. The molecular weight excluding hydrogens is 336 g/mol. The second-order valence-corrected chi connectivity index (χ2v) is 6.37. The average Bonchev–Trinajstić information content (AvgIpc) is 2.88. The molecule has 9 nitrogen and oxygen atoms in total. The maximum absolute atomic E-state index is 11.9. The molecule has 0 saturated carbocycles. The van der Waals surface area contributed by atoms with E-state index in [9.17, 15) is 39.6 Å². The lowest BCUT2D eigenvalue weighted by Crippen LogP contribution is -2.50. The largest absolute Gasteiger partial charge is 0.481 e. The Morgan fingerprint density at radius 3 is 1.96 bits per heavy atom. The minimum Gasteiger partial charge on any atom is -0.481 e. The van der Waals surface area contributed by atoms with Crippen molar-refractivity contribution in [2.24, 2.45) is 17.8 Å². The first-order chi connectivity index (χ1) is 11.6. The molecule has 0 aliphatic carbocycles. The summed E-state index contributed by atoms with van der Waals surface area (Å²) >= 11 is 0. The van der Waals surface area contributed by atoms with Crippen molar-refractivity contribution < 1.29 is 44.3 Å². The van der Waals surface area contributed by atoms with Gasteiger partial charge in [-0.1, -0.05) is 39.5 Å². The number of aliphatic carboxylic acids is 4. The predicted octanol–water partition coefficient (Wildman–Crippen LogP) is 1.30. The van der Waals surface area contributed by atoms with Crippen LogP contribution >= 0.6 is 0 Å². The van der Waals surface area contributed by atoms with Gasteiger partial charge in [-0.3, -0.25) is 9.59 Å². The van der Waals surface area contributed by atoms with Crippen molar-refractivity contribution in [1.29, 1.82) is 0 Å². The molecular formula is C16H24O9. The van der Waals surface area contributed by atoms with Crippen LogP contribution in [0.3, 0.4) is 0 Å². The van der Waals surface area contributed by atoms with Crippen LogP contribution < -0.4 is 0 Å². The summed E-state index contributed by atoms with van der Waals surface area (Å²) in [5.41, 5.74) is -2.38. The Morgan fingerprint density at radius 2 is 1.60 bits per heavy atom. The first kappa shape index (κ1) is 20.9. The molecule has 5 unspecified atom stereocenters. The molecule has 1 heterocycles. The van der Waals surface area contributed by atoms with Gasteiger partial charge in [-0.2, -0.15) is 0 Å². The maximum Gasteiger partial charge on any atom is 0.336 e. The average molecular weight is 360 g/mol. The van der Waals surface area contributed by atoms with E-state index in [4.69, 9.17) is 4.74 Å². The summed E-state index contributed by atoms with van der Waals surface area (Å²) in [5.74, 6) is -10.9. The Bertz CT molecular complexity index is 544. The van der Waals surface area contributed by atoms with Crippen molar-refractivity contribution in [2.75, 3.05) is 0 Å². The number of ether oxygens (including phenoxy) is 1. The SMILES string of the molecule is CCCCC(CC)CC1(C(=O)O)OC(C(=O)O)C(C(=O)O)C1C(=O)O. The Labute approximate surface area is 144 Å². The molecule has 0 aromatic carbocycles. The van der Waals surface area contributed by atoms with Gasteiger partial charge in [0.2, 0.25) is 0 Å². The molecule has 0 amide bonds. The Kier molecular flexibility index (Phi) is 6.92. The molecule has 4 N–H and O–H groups in total. The van der Waals surface area contributed by atoms with Gasteiger partial charge >= 0.3 is 23.9 Å². The lowest BCUT2D eigenvalue weighted by atomic mass is 9.73. The molecule has 0 bridgehead atoms. The molecule has 0 radical (unpaired) electrons. The normalized spacial score (nSPS) is 29.9. The molecule has 5 atom stereocenters. The minimum atomic E-state index is -2.38. The molecule has 1 rings (SSSR count). The highest BCUT2D eigenvalue weighted by Crippen LogP contribution is 2.46. The van der Waals surface area contributed by atoms with Crippen LogP contribution in [0.15, 0.2) is 0 Å². The van der Waals surface area contributed by atoms with Gasteiger partial charge in [-0.25, -0.2) is 9.59 Å². The number of unbranched alkanes of at least 4 members (excludes halogenated alkanes) is 1. The molecule has 1 aliphatic heterocycles. The van der Waals surface area contributed by atoms with Crippen molar-refractivity contribution in [1.82, 2.24) is 0 Å². The van der Waals surface area contributed by atoms with Crippen LogP contribution in [0.4, 0.5) is 0 Å². The second kappa shape index (κ2) is 8.28. The van der Waals surface area contributed by atoms with E-state index in [0.29, 0.717) is 12.8 Å². The molecule has 25 heavy (non-hydrogen) atoms. The van der Waals surface area contributed by atoms with Crippen molar-refractivity contribution in [3.8, 4) is 0 Å². The summed E-state index contributed by atoms with van der Waals surface area (Å²) < 4.78 is 5.17. The van der Waals surface area contributed by atoms with E-state index in [-0.39, 0.29) is 12.3 Å². The van der Waals surface area contributed by atoms with Crippen molar-refractivity contribution >= 4 is 23.9 Å². The van der Waals surface area contributed by atoms with E-state index in [2.05, 4.69) is 0 Å². The summed E-state index contributed by atoms with van der Waals surface area (Å²) in [7, 11) is 0. The maximum atomic E-state index is 11.9. The summed E-state index contributed by atoms with van der Waals surface area (Å²) in [4.78, 5) is 46.4. The zero-order valence-corrected chi connectivity index (χ0v) is 14.2. The van der Waals surface area contributed by atoms with Gasteiger partial charge in [0.15, 0.2) is 11.7 Å². The molecule has 0 spiro atoms. The third-order valence-corrected chi connectivity index (χ3v) is 4.82. The van der Waals surface area contributed by atoms with Crippen molar-refractivity contribution in [3.63, 3.8) is 0 Å². The zero-order valence-electron chi connectivity index (χ0n) is 14.2. The minimum absolute atomic E-state index is 0.222. The molecule has 0 aromatic rings. The summed E-state index contributed by atoms with van der Waals surface area (Å²) in [6.45, 7) is 3.76. The van der Waals surface area contributed by atoms with Gasteiger partial charge in [0.1, 0.15) is 11.8 Å². The first-order valence-corrected chi connectivity index (χ1v) is 8.21. The van der Waals surface area contributed by atoms with E-state index < -0.39 is 47.4 Å². The fourth-order valence-electron chi connectivity index (χ4n) is 3.49. The Morgan fingerprint density at radius 1 is 1.00 bits per heavy atom. The monoisotopic (exact) mass is 360 g/mol. The number of rotatable bonds is 10. The number of carbonyl (C=O) groups is 4. The van der Waals surface area contributed by atoms with Crippen LogP contribution in [0, 0.1) is 17.8 Å². The van der Waals surface area contributed by atoms with Crippen molar-refractivity contribution in [3.05, 3.63) is 0 Å². The second-order valence-electron chi connectivity index (χ2n) is 6.37. The third-order valence-electron chi connectivity index (χ3n) is 4.82. The topological polar surface area (TPSA) is 158 Å². The van der Waals surface area contributed by atoms with Gasteiger partial charge in [0, 0.05) is 0 Å². The smallest absolute Gasteiger partial charge is 0.336 e. The lowest BCUT2D eigenvalue weighted by Gasteiger charge is -2.32. The van der Waals surface area contributed by atoms with Crippen LogP contribution in [-0.2, 0) is 23.9 Å². The van der Waals surface area contributed by atoms with E-state index in [1.165, 1.54) is 0 Å². The standard InChI is InChI=1S/C16H24O9/c1-3-5-6-8(4-2)7-16(15(23)24)10(13(19)20)9(12(17)18)11(25-16)14(21)22/h8-11H,3-7H2,1-2H3,(H,17,18)(H,19,20)(H,21,22)(H,23,24). The molecule has 0 aromatic heterocycles. The van der Waals surface area contributed by atoms with Gasteiger partial charge in [-0.05, 0) is 12.3 Å². The summed E-state index contributed by atoms with van der Waals surface area (Å²) in [6.07, 6.45) is 0.529. The fourth-order valence-corrected chi connectivity index (χ4v) is 3.49. The quantitative estimate of drug-likeness (QED) is 0.450. The lowest BCUT2D eigenvalue weighted by molar-refractivity contribution is -0.182. The number of hydrogen-bond acceptors (Lipinski definition) is 5. The van der Waals surface area contributed by atoms with Crippen LogP contribution in [0.2, 0.25) is 0 Å². The Balaban J connectivity index is 3.38. The van der Waals surface area contributed by atoms with Crippen LogP contribution in [0.25, 0.3) is 0 Å². The number of carboxylic acid groups (broad SMARTS) is 4. The molecule has 142 valence electrons. The molecule has 9 heteroatoms. The molecule has 1 fully saturated rings. The molecule has 1 aliphatic rings. The Hall–Kier alpha value is -2.16. The van der Waals surface area contributed by atoms with Crippen LogP contribution in [0.5, 0.6) is 0 Å². The van der Waals surface area contributed by atoms with Gasteiger partial charge in [-0.15, -0.1) is 0 Å². The van der Waals surface area contributed by atoms with Gasteiger partial charge in [0.25, 0.3) is 0 Å². The van der Waals surface area contributed by atoms with Crippen molar-refractivity contribution in [2.45, 2.75) is 57.7 Å². The summed E-state index contributed by atoms with van der Waals surface area (Å²) in [6, 6.07) is 0. The van der Waals surface area contributed by atoms with Gasteiger partial charge in [0.05, 0.1) is 0 Å².